The van der Waals surface area contributed by atoms with Crippen LogP contribution in [0.4, 0.5) is 0 Å². The van der Waals surface area contributed by atoms with Gasteiger partial charge in [-0.3, -0.25) is 4.79 Å². The van der Waals surface area contributed by atoms with Crippen molar-refractivity contribution in [2.24, 2.45) is 0 Å². The van der Waals surface area contributed by atoms with Gasteiger partial charge in [-0.15, -0.1) is 0 Å². The molecule has 1 N–H and O–H groups in total. The number of aryl methyl sites for hydroxylation is 1. The van der Waals surface area contributed by atoms with E-state index in [4.69, 9.17) is 0 Å². The molecule has 0 saturated carbocycles. The molecule has 0 radical (unpaired) electrons. The van der Waals surface area contributed by atoms with Crippen molar-refractivity contribution in [3.63, 3.8) is 0 Å². The Kier molecular flexibility index (Phi) is 6.56. The number of rotatable bonds is 8. The fourth-order valence-electron chi connectivity index (χ4n) is 1.66. The van der Waals surface area contributed by atoms with Crippen LogP contribution in [0.5, 0.6) is 0 Å². The van der Waals surface area contributed by atoms with Crippen LogP contribution < -0.4 is 5.32 Å². The summed E-state index contributed by atoms with van der Waals surface area (Å²) in [7, 11) is 0. The van der Waals surface area contributed by atoms with E-state index < -0.39 is 0 Å². The molecule has 2 heteroatoms. The van der Waals surface area contributed by atoms with E-state index >= 15 is 0 Å². The molecule has 0 aliphatic heterocycles. The number of carbonyl (C=O) groups excluding carboxylic acids is 1. The molecular weight excluding hydrogens is 210 g/mol. The van der Waals surface area contributed by atoms with Crippen LogP contribution >= 0.6 is 0 Å². The van der Waals surface area contributed by atoms with Gasteiger partial charge in [-0.2, -0.15) is 0 Å². The molecule has 1 unspecified atom stereocenters. The zero-order valence-corrected chi connectivity index (χ0v) is 10.9. The monoisotopic (exact) mass is 233 g/mol. The number of hydrogen-bond donors (Lipinski definition) is 1. The van der Waals surface area contributed by atoms with Crippen molar-refractivity contribution in [2.45, 2.75) is 45.6 Å². The summed E-state index contributed by atoms with van der Waals surface area (Å²) in [5.41, 5.74) is 1.31. The lowest BCUT2D eigenvalue weighted by Gasteiger charge is -2.10. The van der Waals surface area contributed by atoms with E-state index in [-0.39, 0.29) is 0 Å². The first-order valence-electron chi connectivity index (χ1n) is 6.51. The zero-order valence-electron chi connectivity index (χ0n) is 10.9. The highest BCUT2D eigenvalue weighted by Crippen LogP contribution is 2.04. The van der Waals surface area contributed by atoms with Gasteiger partial charge in [-0.25, -0.2) is 0 Å². The van der Waals surface area contributed by atoms with Crippen LogP contribution in [-0.2, 0) is 11.2 Å². The fourth-order valence-corrected chi connectivity index (χ4v) is 1.66. The van der Waals surface area contributed by atoms with E-state index in [1.807, 2.05) is 18.2 Å². The van der Waals surface area contributed by atoms with Crippen LogP contribution in [-0.4, -0.2) is 18.4 Å². The van der Waals surface area contributed by atoms with E-state index in [0.717, 1.165) is 19.3 Å². The van der Waals surface area contributed by atoms with Crippen molar-refractivity contribution in [2.75, 3.05) is 6.54 Å². The molecule has 0 spiro atoms. The Morgan fingerprint density at radius 1 is 1.29 bits per heavy atom. The number of benzene rings is 1. The predicted molar refractivity (Wildman–Crippen MR) is 72.1 cm³/mol. The van der Waals surface area contributed by atoms with E-state index in [9.17, 15) is 4.79 Å². The zero-order chi connectivity index (χ0) is 12.5. The molecule has 0 aliphatic rings. The van der Waals surface area contributed by atoms with Crippen LogP contribution in [0.1, 0.15) is 38.7 Å². The van der Waals surface area contributed by atoms with Gasteiger partial charge in [-0.05, 0) is 31.7 Å². The van der Waals surface area contributed by atoms with Gasteiger partial charge in [0.15, 0.2) is 0 Å². The second-order valence-electron chi connectivity index (χ2n) is 4.57. The molecule has 0 aromatic heterocycles. The first-order chi connectivity index (χ1) is 8.22. The summed E-state index contributed by atoms with van der Waals surface area (Å²) >= 11 is 0. The lowest BCUT2D eigenvalue weighted by atomic mass is 10.1. The number of carbonyl (C=O) groups is 1. The van der Waals surface area contributed by atoms with Crippen LogP contribution in [0.15, 0.2) is 30.3 Å². The summed E-state index contributed by atoms with van der Waals surface area (Å²) in [5.74, 6) is 0.321. The fraction of sp³-hybridized carbons (Fsp3) is 0.533. The van der Waals surface area contributed by atoms with Crippen LogP contribution in [0.3, 0.4) is 0 Å². The van der Waals surface area contributed by atoms with Gasteiger partial charge in [0.25, 0.3) is 0 Å². The highest BCUT2D eigenvalue weighted by molar-refractivity contribution is 5.80. The van der Waals surface area contributed by atoms with Crippen molar-refractivity contribution < 1.29 is 4.79 Å². The van der Waals surface area contributed by atoms with E-state index in [2.05, 4.69) is 31.3 Å². The average Bonchev–Trinajstić information content (AvgIpc) is 2.37. The van der Waals surface area contributed by atoms with Gasteiger partial charge in [-0.1, -0.05) is 37.3 Å². The molecule has 0 heterocycles. The second-order valence-corrected chi connectivity index (χ2v) is 4.57. The minimum absolute atomic E-state index is 0.321. The molecule has 2 nitrogen and oxygen atoms in total. The highest BCUT2D eigenvalue weighted by atomic mass is 16.1. The topological polar surface area (TPSA) is 29.1 Å². The van der Waals surface area contributed by atoms with Crippen LogP contribution in [0, 0.1) is 0 Å². The maximum atomic E-state index is 11.6. The molecule has 1 aromatic carbocycles. The van der Waals surface area contributed by atoms with Crippen LogP contribution in [0.25, 0.3) is 0 Å². The molecule has 1 atom stereocenters. The highest BCUT2D eigenvalue weighted by Gasteiger charge is 2.04. The third-order valence-corrected chi connectivity index (χ3v) is 3.02. The molecule has 1 aromatic rings. The molecule has 0 saturated heterocycles. The molecule has 0 bridgehead atoms. The van der Waals surface area contributed by atoms with E-state index in [0.29, 0.717) is 24.8 Å². The summed E-state index contributed by atoms with van der Waals surface area (Å²) in [6.07, 6.45) is 3.69. The number of nitrogens with one attached hydrogen (secondary N) is 1. The summed E-state index contributed by atoms with van der Waals surface area (Å²) in [6.45, 7) is 4.75. The molecule has 17 heavy (non-hydrogen) atoms. The number of ketones is 1. The maximum Gasteiger partial charge on any atom is 0.146 e. The first-order valence-corrected chi connectivity index (χ1v) is 6.51. The summed E-state index contributed by atoms with van der Waals surface area (Å²) in [4.78, 5) is 11.6. The Balaban J connectivity index is 2.12. The van der Waals surface area contributed by atoms with Gasteiger partial charge in [0.2, 0.25) is 0 Å². The predicted octanol–water partition coefficient (Wildman–Crippen LogP) is 2.97. The molecule has 0 fully saturated rings. The van der Waals surface area contributed by atoms with Gasteiger partial charge >= 0.3 is 0 Å². The van der Waals surface area contributed by atoms with Crippen LogP contribution in [0.2, 0.25) is 0 Å². The molecule has 1 rings (SSSR count). The Bertz CT molecular complexity index is 321. The largest absolute Gasteiger partial charge is 0.308 e. The third-order valence-electron chi connectivity index (χ3n) is 3.02. The lowest BCUT2D eigenvalue weighted by molar-refractivity contribution is -0.118. The van der Waals surface area contributed by atoms with Crippen molar-refractivity contribution in [3.8, 4) is 0 Å². The molecular formula is C15H23NO. The quantitative estimate of drug-likeness (QED) is 0.748. The average molecular weight is 233 g/mol. The second kappa shape index (κ2) is 8.02. The minimum Gasteiger partial charge on any atom is -0.308 e. The maximum absolute atomic E-state index is 11.6. The smallest absolute Gasteiger partial charge is 0.146 e. The van der Waals surface area contributed by atoms with E-state index in [1.54, 1.807) is 0 Å². The molecule has 94 valence electrons. The number of hydrogen-bond acceptors (Lipinski definition) is 2. The minimum atomic E-state index is 0.321. The first kappa shape index (κ1) is 13.9. The molecule has 0 amide bonds. The summed E-state index contributed by atoms with van der Waals surface area (Å²) in [5, 5.41) is 3.23. The SMILES string of the molecule is CCC(C)NCC(=O)CCCc1ccccc1. The van der Waals surface area contributed by atoms with Gasteiger partial charge in [0, 0.05) is 12.5 Å². The summed E-state index contributed by atoms with van der Waals surface area (Å²) < 4.78 is 0. The number of Topliss-reactive ketones (excluding diaryl/α,β-unsaturated/α-hetero) is 1. The molecule has 0 aliphatic carbocycles. The Hall–Kier alpha value is -1.15. The normalized spacial score (nSPS) is 12.4. The van der Waals surface area contributed by atoms with Crippen molar-refractivity contribution in [1.82, 2.24) is 5.32 Å². The Morgan fingerprint density at radius 3 is 2.65 bits per heavy atom. The van der Waals surface area contributed by atoms with Gasteiger partial charge in [0.05, 0.1) is 6.54 Å². The van der Waals surface area contributed by atoms with E-state index in [1.165, 1.54) is 5.56 Å². The third kappa shape index (κ3) is 6.22. The standard InChI is InChI=1S/C15H23NO/c1-3-13(2)16-12-15(17)11-7-10-14-8-5-4-6-9-14/h4-6,8-9,13,16H,3,7,10-12H2,1-2H3. The van der Waals surface area contributed by atoms with Crippen molar-refractivity contribution in [3.05, 3.63) is 35.9 Å². The summed E-state index contributed by atoms with van der Waals surface area (Å²) in [6, 6.07) is 10.8. The van der Waals surface area contributed by atoms with Crippen molar-refractivity contribution in [1.29, 1.82) is 0 Å². The lowest BCUT2D eigenvalue weighted by Crippen LogP contribution is -2.30. The van der Waals surface area contributed by atoms with Gasteiger partial charge < -0.3 is 5.32 Å². The Labute approximate surface area is 104 Å². The van der Waals surface area contributed by atoms with Crippen molar-refractivity contribution >= 4 is 5.78 Å². The Morgan fingerprint density at radius 2 is 2.00 bits per heavy atom. The van der Waals surface area contributed by atoms with Gasteiger partial charge in [0.1, 0.15) is 5.78 Å².